The molecular formula is C12H10BrN3S. The molecular weight excluding hydrogens is 298 g/mol. The monoisotopic (exact) mass is 307 g/mol. The number of hydrogen-bond acceptors (Lipinski definition) is 4. The van der Waals surface area contributed by atoms with Crippen LogP contribution in [-0.2, 0) is 6.54 Å². The van der Waals surface area contributed by atoms with Gasteiger partial charge in [-0.3, -0.25) is 0 Å². The predicted octanol–water partition coefficient (Wildman–Crippen LogP) is 3.58. The minimum absolute atomic E-state index is 0.503. The fourth-order valence-electron chi connectivity index (χ4n) is 1.41. The fraction of sp³-hybridized carbons (Fsp3) is 0.0833. The van der Waals surface area contributed by atoms with Crippen LogP contribution < -0.4 is 11.1 Å². The maximum absolute atomic E-state index is 8.77. The smallest absolute Gasteiger partial charge is 0.101 e. The Hall–Kier alpha value is -1.51. The molecule has 0 atom stereocenters. The molecule has 17 heavy (non-hydrogen) atoms. The lowest BCUT2D eigenvalue weighted by molar-refractivity contribution is 1.18. The van der Waals surface area contributed by atoms with Gasteiger partial charge in [0.25, 0.3) is 0 Å². The van der Waals surface area contributed by atoms with E-state index in [0.717, 1.165) is 16.7 Å². The van der Waals surface area contributed by atoms with Gasteiger partial charge in [0.05, 0.1) is 17.8 Å². The molecule has 1 aromatic heterocycles. The Bertz CT molecular complexity index is 571. The zero-order valence-electron chi connectivity index (χ0n) is 8.90. The first-order valence-corrected chi connectivity index (χ1v) is 6.63. The maximum Gasteiger partial charge on any atom is 0.101 e. The summed E-state index contributed by atoms with van der Waals surface area (Å²) in [6.45, 7) is 0.740. The lowest BCUT2D eigenvalue weighted by atomic mass is 10.2. The topological polar surface area (TPSA) is 61.8 Å². The molecule has 3 nitrogen and oxygen atoms in total. The van der Waals surface area contributed by atoms with Gasteiger partial charge in [0.2, 0.25) is 0 Å². The van der Waals surface area contributed by atoms with Crippen LogP contribution >= 0.6 is 27.3 Å². The van der Waals surface area contributed by atoms with Crippen LogP contribution in [0, 0.1) is 11.3 Å². The van der Waals surface area contributed by atoms with Crippen molar-refractivity contribution in [1.82, 2.24) is 0 Å². The number of nitriles is 1. The van der Waals surface area contributed by atoms with E-state index in [9.17, 15) is 0 Å². The number of hydrogen-bond donors (Lipinski definition) is 2. The summed E-state index contributed by atoms with van der Waals surface area (Å²) in [6.07, 6.45) is 0. The van der Waals surface area contributed by atoms with Gasteiger partial charge >= 0.3 is 0 Å². The summed E-state index contributed by atoms with van der Waals surface area (Å²) in [5, 5.41) is 14.1. The van der Waals surface area contributed by atoms with Crippen molar-refractivity contribution in [2.75, 3.05) is 11.1 Å². The van der Waals surface area contributed by atoms with Crippen LogP contribution in [0.4, 0.5) is 11.4 Å². The average Bonchev–Trinajstić information content (AvgIpc) is 2.72. The first-order valence-electron chi connectivity index (χ1n) is 4.96. The van der Waals surface area contributed by atoms with Gasteiger partial charge in [-0.2, -0.15) is 5.26 Å². The van der Waals surface area contributed by atoms with Crippen molar-refractivity contribution in [3.8, 4) is 6.07 Å². The Morgan fingerprint density at radius 1 is 1.41 bits per heavy atom. The van der Waals surface area contributed by atoms with E-state index >= 15 is 0 Å². The molecule has 0 aliphatic heterocycles. The van der Waals surface area contributed by atoms with Crippen LogP contribution in [0.1, 0.15) is 10.4 Å². The van der Waals surface area contributed by atoms with Gasteiger partial charge in [0, 0.05) is 15.0 Å². The molecule has 0 amide bonds. The Kier molecular flexibility index (Phi) is 3.67. The second-order valence-corrected chi connectivity index (χ2v) is 5.31. The van der Waals surface area contributed by atoms with E-state index in [1.165, 1.54) is 4.88 Å². The fourth-order valence-corrected chi connectivity index (χ4v) is 2.84. The number of nitrogen functional groups attached to an aromatic ring is 1. The average molecular weight is 308 g/mol. The standard InChI is InChI=1S/C12H10BrN3S/c13-10-3-4-17-12(10)7-16-9-2-1-8(6-14)11(15)5-9/h1-5,16H,7,15H2. The van der Waals surface area contributed by atoms with Crippen LogP contribution in [0.15, 0.2) is 34.1 Å². The molecule has 0 radical (unpaired) electrons. The first kappa shape index (κ1) is 12.0. The zero-order chi connectivity index (χ0) is 12.3. The molecule has 0 unspecified atom stereocenters. The van der Waals surface area contributed by atoms with Crippen molar-refractivity contribution < 1.29 is 0 Å². The number of anilines is 2. The van der Waals surface area contributed by atoms with Crippen molar-refractivity contribution in [3.63, 3.8) is 0 Å². The van der Waals surface area contributed by atoms with E-state index in [4.69, 9.17) is 11.0 Å². The van der Waals surface area contributed by atoms with Crippen molar-refractivity contribution in [1.29, 1.82) is 5.26 Å². The minimum atomic E-state index is 0.503. The Labute approximate surface area is 112 Å². The molecule has 0 fully saturated rings. The SMILES string of the molecule is N#Cc1ccc(NCc2sccc2Br)cc1N. The third-order valence-electron chi connectivity index (χ3n) is 2.32. The van der Waals surface area contributed by atoms with Crippen molar-refractivity contribution >= 4 is 38.6 Å². The summed E-state index contributed by atoms with van der Waals surface area (Å²) in [6, 6.07) is 9.42. The molecule has 0 saturated carbocycles. The van der Waals surface area contributed by atoms with E-state index in [1.807, 2.05) is 23.6 Å². The molecule has 86 valence electrons. The quantitative estimate of drug-likeness (QED) is 0.852. The highest BCUT2D eigenvalue weighted by molar-refractivity contribution is 9.10. The number of nitrogens with one attached hydrogen (secondary N) is 1. The summed E-state index contributed by atoms with van der Waals surface area (Å²) in [5.41, 5.74) is 7.67. The van der Waals surface area contributed by atoms with E-state index in [1.54, 1.807) is 23.5 Å². The lowest BCUT2D eigenvalue weighted by Crippen LogP contribution is -1.99. The van der Waals surface area contributed by atoms with Crippen LogP contribution in [0.3, 0.4) is 0 Å². The van der Waals surface area contributed by atoms with E-state index < -0.39 is 0 Å². The van der Waals surface area contributed by atoms with Gasteiger partial charge in [0.15, 0.2) is 0 Å². The van der Waals surface area contributed by atoms with Gasteiger partial charge in [-0.1, -0.05) is 0 Å². The van der Waals surface area contributed by atoms with Gasteiger partial charge in [0.1, 0.15) is 6.07 Å². The van der Waals surface area contributed by atoms with Crippen LogP contribution in [0.2, 0.25) is 0 Å². The molecule has 0 spiro atoms. The van der Waals surface area contributed by atoms with Crippen molar-refractivity contribution in [2.24, 2.45) is 0 Å². The summed E-state index contributed by atoms with van der Waals surface area (Å²) < 4.78 is 1.11. The van der Waals surface area contributed by atoms with Crippen LogP contribution in [0.25, 0.3) is 0 Å². The third kappa shape index (κ3) is 2.78. The third-order valence-corrected chi connectivity index (χ3v) is 4.24. The maximum atomic E-state index is 8.77. The predicted molar refractivity (Wildman–Crippen MR) is 74.9 cm³/mol. The molecule has 1 aromatic carbocycles. The molecule has 0 aliphatic rings. The zero-order valence-corrected chi connectivity index (χ0v) is 11.3. The van der Waals surface area contributed by atoms with Gasteiger partial charge in [-0.05, 0) is 45.6 Å². The molecule has 1 heterocycles. The normalized spacial score (nSPS) is 9.88. The highest BCUT2D eigenvalue weighted by Crippen LogP contribution is 2.24. The van der Waals surface area contributed by atoms with Gasteiger partial charge in [-0.15, -0.1) is 11.3 Å². The summed E-state index contributed by atoms with van der Waals surface area (Å²) >= 11 is 5.17. The number of halogens is 1. The number of nitrogens with zero attached hydrogens (tertiary/aromatic N) is 1. The van der Waals surface area contributed by atoms with E-state index in [2.05, 4.69) is 21.2 Å². The molecule has 0 saturated heterocycles. The first-order chi connectivity index (χ1) is 8.20. The number of benzene rings is 1. The lowest BCUT2D eigenvalue weighted by Gasteiger charge is -2.07. The molecule has 3 N–H and O–H groups in total. The summed E-state index contributed by atoms with van der Waals surface area (Å²) in [4.78, 5) is 1.23. The minimum Gasteiger partial charge on any atom is -0.398 e. The van der Waals surface area contributed by atoms with Crippen LogP contribution in [0.5, 0.6) is 0 Å². The van der Waals surface area contributed by atoms with Gasteiger partial charge < -0.3 is 11.1 Å². The Balaban J connectivity index is 2.08. The molecule has 2 aromatic rings. The highest BCUT2D eigenvalue weighted by atomic mass is 79.9. The number of thiophene rings is 1. The molecule has 2 rings (SSSR count). The van der Waals surface area contributed by atoms with Gasteiger partial charge in [-0.25, -0.2) is 0 Å². The summed E-state index contributed by atoms with van der Waals surface area (Å²) in [7, 11) is 0. The Morgan fingerprint density at radius 2 is 2.24 bits per heavy atom. The van der Waals surface area contributed by atoms with Crippen molar-refractivity contribution in [3.05, 3.63) is 44.6 Å². The molecule has 0 bridgehead atoms. The van der Waals surface area contributed by atoms with Crippen LogP contribution in [-0.4, -0.2) is 0 Å². The highest BCUT2D eigenvalue weighted by Gasteiger charge is 2.02. The number of rotatable bonds is 3. The van der Waals surface area contributed by atoms with E-state index in [0.29, 0.717) is 11.3 Å². The Morgan fingerprint density at radius 3 is 2.82 bits per heavy atom. The van der Waals surface area contributed by atoms with Crippen molar-refractivity contribution in [2.45, 2.75) is 6.54 Å². The second-order valence-electron chi connectivity index (χ2n) is 3.46. The largest absolute Gasteiger partial charge is 0.398 e. The summed E-state index contributed by atoms with van der Waals surface area (Å²) in [5.74, 6) is 0. The number of nitrogens with two attached hydrogens (primary N) is 1. The molecule has 5 heteroatoms. The molecule has 0 aliphatic carbocycles. The second kappa shape index (κ2) is 5.21. The van der Waals surface area contributed by atoms with E-state index in [-0.39, 0.29) is 0 Å².